The molecule has 0 radical (unpaired) electrons. The summed E-state index contributed by atoms with van der Waals surface area (Å²) in [6, 6.07) is 0.538. The quantitative estimate of drug-likeness (QED) is 0.631. The van der Waals surface area contributed by atoms with E-state index in [1.165, 1.54) is 0 Å². The molecule has 2 N–H and O–H groups in total. The number of likely N-dealkylation sites (tertiary alicyclic amines) is 1. The highest BCUT2D eigenvalue weighted by Crippen LogP contribution is 2.17. The number of unbranched alkanes of at least 4 members (excludes halogenated alkanes) is 1. The third-order valence-electron chi connectivity index (χ3n) is 3.46. The molecule has 0 aromatic heterocycles. The molecular formula is C12H26N2O3S. The molecular weight excluding hydrogens is 252 g/mol. The second-order valence-corrected chi connectivity index (χ2v) is 7.27. The molecule has 5 nitrogen and oxygen atoms in total. The minimum Gasteiger partial charge on any atom is -0.396 e. The maximum Gasteiger partial charge on any atom is 0.211 e. The first-order valence-electron chi connectivity index (χ1n) is 6.77. The van der Waals surface area contributed by atoms with E-state index in [4.69, 9.17) is 5.11 Å². The van der Waals surface area contributed by atoms with Crippen molar-refractivity contribution in [1.29, 1.82) is 0 Å². The zero-order valence-corrected chi connectivity index (χ0v) is 12.2. The van der Waals surface area contributed by atoms with Crippen molar-refractivity contribution < 1.29 is 13.5 Å². The Kier molecular flexibility index (Phi) is 6.55. The molecule has 0 aliphatic carbocycles. The van der Waals surface area contributed by atoms with Gasteiger partial charge in [0.25, 0.3) is 0 Å². The highest BCUT2D eigenvalue weighted by atomic mass is 32.2. The molecule has 1 saturated heterocycles. The second kappa shape index (κ2) is 7.43. The summed E-state index contributed by atoms with van der Waals surface area (Å²) in [6.07, 6.45) is 2.14. The Labute approximate surface area is 111 Å². The number of hydrogen-bond donors (Lipinski definition) is 2. The molecule has 6 heteroatoms. The lowest BCUT2D eigenvalue weighted by Gasteiger charge is -2.20. The molecule has 0 aromatic carbocycles. The molecule has 1 aliphatic rings. The maximum atomic E-state index is 11.7. The Balaban J connectivity index is 2.24. The summed E-state index contributed by atoms with van der Waals surface area (Å²) >= 11 is 0. The van der Waals surface area contributed by atoms with E-state index in [0.717, 1.165) is 19.5 Å². The maximum absolute atomic E-state index is 11.7. The van der Waals surface area contributed by atoms with Crippen molar-refractivity contribution in [2.75, 3.05) is 32.0 Å². The lowest BCUT2D eigenvalue weighted by atomic mass is 10.1. The molecule has 1 atom stereocenters. The van der Waals surface area contributed by atoms with Gasteiger partial charge in [-0.25, -0.2) is 13.1 Å². The second-order valence-electron chi connectivity index (χ2n) is 5.34. The van der Waals surface area contributed by atoms with E-state index in [1.54, 1.807) is 0 Å². The van der Waals surface area contributed by atoms with Crippen LogP contribution in [0.3, 0.4) is 0 Å². The average molecular weight is 278 g/mol. The van der Waals surface area contributed by atoms with Crippen LogP contribution in [0.25, 0.3) is 0 Å². The van der Waals surface area contributed by atoms with Gasteiger partial charge in [0.15, 0.2) is 0 Å². The summed E-state index contributed by atoms with van der Waals surface area (Å²) < 4.78 is 26.0. The van der Waals surface area contributed by atoms with Crippen molar-refractivity contribution in [3.8, 4) is 0 Å². The molecule has 108 valence electrons. The zero-order chi connectivity index (χ0) is 13.6. The third-order valence-corrected chi connectivity index (χ3v) is 4.89. The molecule has 0 bridgehead atoms. The summed E-state index contributed by atoms with van der Waals surface area (Å²) in [5.41, 5.74) is 0. The zero-order valence-electron chi connectivity index (χ0n) is 11.4. The Morgan fingerprint density at radius 1 is 1.39 bits per heavy atom. The molecule has 0 saturated carbocycles. The SMILES string of the molecule is CC(C)N1CCC(CNS(=O)(=O)CCCCO)C1. The summed E-state index contributed by atoms with van der Waals surface area (Å²) in [7, 11) is -3.16. The standard InChI is InChI=1S/C12H26N2O3S/c1-11(2)14-6-5-12(10-14)9-13-18(16,17)8-4-3-7-15/h11-13,15H,3-10H2,1-2H3. The minimum atomic E-state index is -3.16. The predicted octanol–water partition coefficient (Wildman–Crippen LogP) is 0.409. The van der Waals surface area contributed by atoms with Gasteiger partial charge in [0.05, 0.1) is 5.75 Å². The van der Waals surface area contributed by atoms with E-state index < -0.39 is 10.0 Å². The molecule has 0 amide bonds. The van der Waals surface area contributed by atoms with Crippen LogP contribution in [0.5, 0.6) is 0 Å². The number of nitrogens with one attached hydrogen (secondary N) is 1. The Morgan fingerprint density at radius 2 is 2.11 bits per heavy atom. The fourth-order valence-electron chi connectivity index (χ4n) is 2.22. The van der Waals surface area contributed by atoms with Crippen molar-refractivity contribution in [1.82, 2.24) is 9.62 Å². The molecule has 1 fully saturated rings. The first-order valence-corrected chi connectivity index (χ1v) is 8.42. The number of nitrogens with zero attached hydrogens (tertiary/aromatic N) is 1. The van der Waals surface area contributed by atoms with Crippen LogP contribution in [0, 0.1) is 5.92 Å². The van der Waals surface area contributed by atoms with Crippen molar-refractivity contribution in [2.24, 2.45) is 5.92 Å². The smallest absolute Gasteiger partial charge is 0.211 e. The van der Waals surface area contributed by atoms with Crippen molar-refractivity contribution in [3.05, 3.63) is 0 Å². The minimum absolute atomic E-state index is 0.0570. The Hall–Kier alpha value is -0.170. The molecule has 1 heterocycles. The molecule has 1 unspecified atom stereocenters. The number of aliphatic hydroxyl groups is 1. The molecule has 18 heavy (non-hydrogen) atoms. The number of hydrogen-bond acceptors (Lipinski definition) is 4. The fourth-order valence-corrected chi connectivity index (χ4v) is 3.44. The van der Waals surface area contributed by atoms with E-state index in [9.17, 15) is 8.42 Å². The van der Waals surface area contributed by atoms with Crippen LogP contribution in [0.1, 0.15) is 33.1 Å². The predicted molar refractivity (Wildman–Crippen MR) is 72.9 cm³/mol. The van der Waals surface area contributed by atoms with E-state index in [0.29, 0.717) is 31.3 Å². The average Bonchev–Trinajstić information content (AvgIpc) is 2.75. The fraction of sp³-hybridized carbons (Fsp3) is 1.00. The molecule has 0 spiro atoms. The normalized spacial score (nSPS) is 21.9. The number of rotatable bonds is 8. The van der Waals surface area contributed by atoms with Gasteiger partial charge in [-0.05, 0) is 45.6 Å². The van der Waals surface area contributed by atoms with Crippen LogP contribution in [0.4, 0.5) is 0 Å². The van der Waals surface area contributed by atoms with Crippen LogP contribution in [0.15, 0.2) is 0 Å². The first-order chi connectivity index (χ1) is 8.44. The van der Waals surface area contributed by atoms with Gasteiger partial charge in [-0.2, -0.15) is 0 Å². The van der Waals surface area contributed by atoms with Crippen LogP contribution in [-0.2, 0) is 10.0 Å². The van der Waals surface area contributed by atoms with E-state index >= 15 is 0 Å². The summed E-state index contributed by atoms with van der Waals surface area (Å²) in [5, 5.41) is 8.63. The van der Waals surface area contributed by atoms with Gasteiger partial charge in [-0.3, -0.25) is 0 Å². The third kappa shape index (κ3) is 5.65. The summed E-state index contributed by atoms with van der Waals surface area (Å²) in [6.45, 7) is 6.99. The van der Waals surface area contributed by atoms with Gasteiger partial charge in [0.1, 0.15) is 0 Å². The van der Waals surface area contributed by atoms with Crippen LogP contribution in [-0.4, -0.2) is 56.5 Å². The van der Waals surface area contributed by atoms with E-state index in [-0.39, 0.29) is 12.4 Å². The topological polar surface area (TPSA) is 69.6 Å². The van der Waals surface area contributed by atoms with Gasteiger partial charge in [0.2, 0.25) is 10.0 Å². The van der Waals surface area contributed by atoms with Crippen LogP contribution < -0.4 is 4.72 Å². The van der Waals surface area contributed by atoms with Gasteiger partial charge in [-0.1, -0.05) is 0 Å². The van der Waals surface area contributed by atoms with Crippen LogP contribution in [0.2, 0.25) is 0 Å². The Morgan fingerprint density at radius 3 is 2.67 bits per heavy atom. The molecule has 1 rings (SSSR count). The Bertz CT molecular complexity index is 330. The number of aliphatic hydroxyl groups excluding tert-OH is 1. The lowest BCUT2D eigenvalue weighted by molar-refractivity contribution is 0.265. The van der Waals surface area contributed by atoms with Crippen LogP contribution >= 0.6 is 0 Å². The number of sulfonamides is 1. The van der Waals surface area contributed by atoms with E-state index in [2.05, 4.69) is 23.5 Å². The summed E-state index contributed by atoms with van der Waals surface area (Å²) in [4.78, 5) is 2.38. The largest absolute Gasteiger partial charge is 0.396 e. The monoisotopic (exact) mass is 278 g/mol. The van der Waals surface area contributed by atoms with Crippen molar-refractivity contribution >= 4 is 10.0 Å². The summed E-state index contributed by atoms with van der Waals surface area (Å²) in [5.74, 6) is 0.550. The van der Waals surface area contributed by atoms with Gasteiger partial charge in [-0.15, -0.1) is 0 Å². The lowest BCUT2D eigenvalue weighted by Crippen LogP contribution is -2.34. The van der Waals surface area contributed by atoms with Crippen molar-refractivity contribution in [2.45, 2.75) is 39.2 Å². The van der Waals surface area contributed by atoms with E-state index in [1.807, 2.05) is 0 Å². The highest BCUT2D eigenvalue weighted by molar-refractivity contribution is 7.89. The van der Waals surface area contributed by atoms with Crippen molar-refractivity contribution in [3.63, 3.8) is 0 Å². The van der Waals surface area contributed by atoms with Gasteiger partial charge >= 0.3 is 0 Å². The first kappa shape index (κ1) is 15.9. The highest BCUT2D eigenvalue weighted by Gasteiger charge is 2.25. The van der Waals surface area contributed by atoms with Gasteiger partial charge < -0.3 is 10.0 Å². The van der Waals surface area contributed by atoms with Gasteiger partial charge in [0, 0.05) is 25.7 Å². The molecule has 0 aromatic rings. The molecule has 1 aliphatic heterocycles.